The van der Waals surface area contributed by atoms with Crippen LogP contribution in [0, 0.1) is 0 Å². The first-order valence-electron chi connectivity index (χ1n) is 7.35. The Morgan fingerprint density at radius 3 is 2.21 bits per heavy atom. The predicted octanol–water partition coefficient (Wildman–Crippen LogP) is 2.92. The molecule has 0 aliphatic carbocycles. The molecule has 24 heavy (non-hydrogen) atoms. The van der Waals surface area contributed by atoms with Crippen LogP contribution in [0.2, 0.25) is 0 Å². The molecule has 0 saturated heterocycles. The van der Waals surface area contributed by atoms with Crippen molar-refractivity contribution in [2.24, 2.45) is 0 Å². The number of hydrogen-bond acceptors (Lipinski definition) is 5. The molecule has 0 unspecified atom stereocenters. The number of benzene rings is 2. The van der Waals surface area contributed by atoms with Crippen molar-refractivity contribution < 1.29 is 14.3 Å². The van der Waals surface area contributed by atoms with Crippen LogP contribution in [0.15, 0.2) is 48.8 Å². The molecule has 0 bridgehead atoms. The molecule has 3 rings (SSSR count). The van der Waals surface area contributed by atoms with Crippen molar-refractivity contribution in [2.45, 2.75) is 0 Å². The van der Waals surface area contributed by atoms with E-state index in [4.69, 9.17) is 9.47 Å². The lowest BCUT2D eigenvalue weighted by Crippen LogP contribution is -2.27. The van der Waals surface area contributed by atoms with Gasteiger partial charge in [0.1, 0.15) is 17.1 Å². The number of carbonyl (C=O) groups excluding carboxylic acids is 1. The third-order valence-electron chi connectivity index (χ3n) is 3.79. The lowest BCUT2D eigenvalue weighted by atomic mass is 10.1. The standard InChI is InChI=1S/C18H17N3O3/c1-21(12-7-8-13-14(11-12)20-10-9-19-13)18(22)17-15(23-2)5-4-6-16(17)24-3/h4-11H,1-3H3. The molecule has 0 fully saturated rings. The number of anilines is 1. The molecule has 2 aromatic carbocycles. The number of aromatic nitrogens is 2. The number of amides is 1. The van der Waals surface area contributed by atoms with Gasteiger partial charge in [0.25, 0.3) is 5.91 Å². The van der Waals surface area contributed by atoms with Gasteiger partial charge in [-0.3, -0.25) is 14.8 Å². The van der Waals surface area contributed by atoms with Gasteiger partial charge in [-0.1, -0.05) is 6.07 Å². The molecule has 0 saturated carbocycles. The highest BCUT2D eigenvalue weighted by molar-refractivity contribution is 6.10. The molecule has 0 N–H and O–H groups in total. The van der Waals surface area contributed by atoms with Crippen LogP contribution in [0.5, 0.6) is 11.5 Å². The van der Waals surface area contributed by atoms with E-state index < -0.39 is 0 Å². The minimum Gasteiger partial charge on any atom is -0.496 e. The zero-order valence-corrected chi connectivity index (χ0v) is 13.7. The van der Waals surface area contributed by atoms with Crippen molar-refractivity contribution in [1.82, 2.24) is 9.97 Å². The predicted molar refractivity (Wildman–Crippen MR) is 91.8 cm³/mol. The fraction of sp³-hybridized carbons (Fsp3) is 0.167. The number of nitrogens with zero attached hydrogens (tertiary/aromatic N) is 3. The fourth-order valence-electron chi connectivity index (χ4n) is 2.51. The SMILES string of the molecule is COc1cccc(OC)c1C(=O)N(C)c1ccc2nccnc2c1. The lowest BCUT2D eigenvalue weighted by molar-refractivity contribution is 0.0987. The largest absolute Gasteiger partial charge is 0.496 e. The molecule has 122 valence electrons. The molecular formula is C18H17N3O3. The average molecular weight is 323 g/mol. The van der Waals surface area contributed by atoms with Gasteiger partial charge in [-0.25, -0.2) is 0 Å². The van der Waals surface area contributed by atoms with E-state index in [0.29, 0.717) is 22.7 Å². The van der Waals surface area contributed by atoms with Crippen molar-refractivity contribution in [3.8, 4) is 11.5 Å². The van der Waals surface area contributed by atoms with E-state index in [1.807, 2.05) is 18.2 Å². The zero-order chi connectivity index (χ0) is 17.1. The normalized spacial score (nSPS) is 10.5. The summed E-state index contributed by atoms with van der Waals surface area (Å²) in [7, 11) is 4.75. The third-order valence-corrected chi connectivity index (χ3v) is 3.79. The Morgan fingerprint density at radius 2 is 1.58 bits per heavy atom. The molecule has 6 nitrogen and oxygen atoms in total. The van der Waals surface area contributed by atoms with E-state index in [1.54, 1.807) is 37.6 Å². The van der Waals surface area contributed by atoms with Gasteiger partial charge < -0.3 is 14.4 Å². The summed E-state index contributed by atoms with van der Waals surface area (Å²) < 4.78 is 10.6. The van der Waals surface area contributed by atoms with E-state index in [0.717, 1.165) is 11.0 Å². The van der Waals surface area contributed by atoms with Crippen LogP contribution in [0.25, 0.3) is 11.0 Å². The maximum absolute atomic E-state index is 13.0. The molecule has 0 spiro atoms. The summed E-state index contributed by atoms with van der Waals surface area (Å²) in [5.41, 5.74) is 2.59. The minimum absolute atomic E-state index is 0.229. The highest BCUT2D eigenvalue weighted by Gasteiger charge is 2.22. The number of fused-ring (bicyclic) bond motifs is 1. The lowest BCUT2D eigenvalue weighted by Gasteiger charge is -2.20. The van der Waals surface area contributed by atoms with Crippen molar-refractivity contribution in [3.63, 3.8) is 0 Å². The Labute approximate surface area is 139 Å². The van der Waals surface area contributed by atoms with E-state index in [2.05, 4.69) is 9.97 Å². The van der Waals surface area contributed by atoms with Crippen LogP contribution in [0.3, 0.4) is 0 Å². The maximum atomic E-state index is 13.0. The van der Waals surface area contributed by atoms with Crippen LogP contribution in [-0.2, 0) is 0 Å². The van der Waals surface area contributed by atoms with Gasteiger partial charge in [-0.2, -0.15) is 0 Å². The van der Waals surface area contributed by atoms with Crippen LogP contribution in [0.4, 0.5) is 5.69 Å². The Morgan fingerprint density at radius 1 is 0.958 bits per heavy atom. The topological polar surface area (TPSA) is 64.6 Å². The van der Waals surface area contributed by atoms with Crippen molar-refractivity contribution >= 4 is 22.6 Å². The van der Waals surface area contributed by atoms with Crippen LogP contribution in [-0.4, -0.2) is 37.1 Å². The van der Waals surface area contributed by atoms with E-state index in [1.165, 1.54) is 19.1 Å². The van der Waals surface area contributed by atoms with Gasteiger partial charge in [0.05, 0.1) is 25.3 Å². The van der Waals surface area contributed by atoms with Crippen LogP contribution < -0.4 is 14.4 Å². The average Bonchev–Trinajstić information content (AvgIpc) is 2.65. The first kappa shape index (κ1) is 15.7. The number of methoxy groups -OCH3 is 2. The van der Waals surface area contributed by atoms with Crippen molar-refractivity contribution in [3.05, 3.63) is 54.4 Å². The number of rotatable bonds is 4. The number of carbonyl (C=O) groups is 1. The zero-order valence-electron chi connectivity index (χ0n) is 13.7. The minimum atomic E-state index is -0.229. The van der Waals surface area contributed by atoms with Gasteiger partial charge in [-0.05, 0) is 30.3 Å². The molecule has 0 atom stereocenters. The Bertz CT molecular complexity index is 873. The number of hydrogen-bond donors (Lipinski definition) is 0. The van der Waals surface area contributed by atoms with Gasteiger partial charge in [0.2, 0.25) is 0 Å². The fourth-order valence-corrected chi connectivity index (χ4v) is 2.51. The molecular weight excluding hydrogens is 306 g/mol. The summed E-state index contributed by atoms with van der Waals surface area (Å²) in [4.78, 5) is 23.0. The molecule has 0 aliphatic heterocycles. The molecule has 1 amide bonds. The molecule has 1 aromatic heterocycles. The highest BCUT2D eigenvalue weighted by Crippen LogP contribution is 2.31. The Balaban J connectivity index is 2.03. The summed E-state index contributed by atoms with van der Waals surface area (Å²) in [5.74, 6) is 0.700. The summed E-state index contributed by atoms with van der Waals surface area (Å²) in [6.07, 6.45) is 3.26. The maximum Gasteiger partial charge on any atom is 0.265 e. The van der Waals surface area contributed by atoms with Gasteiger partial charge >= 0.3 is 0 Å². The monoisotopic (exact) mass is 323 g/mol. The Hall–Kier alpha value is -3.15. The Kier molecular flexibility index (Phi) is 4.29. The number of ether oxygens (including phenoxy) is 2. The van der Waals surface area contributed by atoms with Crippen LogP contribution >= 0.6 is 0 Å². The molecule has 1 heterocycles. The van der Waals surface area contributed by atoms with Crippen molar-refractivity contribution in [2.75, 3.05) is 26.2 Å². The second-order valence-corrected chi connectivity index (χ2v) is 5.13. The highest BCUT2D eigenvalue weighted by atomic mass is 16.5. The van der Waals surface area contributed by atoms with Gasteiger partial charge in [0, 0.05) is 25.1 Å². The summed E-state index contributed by atoms with van der Waals surface area (Å²) in [6, 6.07) is 10.7. The van der Waals surface area contributed by atoms with Gasteiger partial charge in [0.15, 0.2) is 0 Å². The quantitative estimate of drug-likeness (QED) is 0.738. The van der Waals surface area contributed by atoms with E-state index in [9.17, 15) is 4.79 Å². The summed E-state index contributed by atoms with van der Waals surface area (Å²) in [5, 5.41) is 0. The second kappa shape index (κ2) is 6.54. The van der Waals surface area contributed by atoms with Crippen molar-refractivity contribution in [1.29, 1.82) is 0 Å². The first-order valence-corrected chi connectivity index (χ1v) is 7.35. The molecule has 3 aromatic rings. The van der Waals surface area contributed by atoms with E-state index >= 15 is 0 Å². The molecule has 6 heteroatoms. The first-order chi connectivity index (χ1) is 11.7. The van der Waals surface area contributed by atoms with Gasteiger partial charge in [-0.15, -0.1) is 0 Å². The third kappa shape index (κ3) is 2.74. The smallest absolute Gasteiger partial charge is 0.265 e. The second-order valence-electron chi connectivity index (χ2n) is 5.13. The van der Waals surface area contributed by atoms with Crippen LogP contribution in [0.1, 0.15) is 10.4 Å². The summed E-state index contributed by atoms with van der Waals surface area (Å²) in [6.45, 7) is 0. The molecule has 0 aliphatic rings. The summed E-state index contributed by atoms with van der Waals surface area (Å²) >= 11 is 0. The molecule has 0 radical (unpaired) electrons. The van der Waals surface area contributed by atoms with E-state index in [-0.39, 0.29) is 5.91 Å².